The molecule has 0 bridgehead atoms. The van der Waals surface area contributed by atoms with Gasteiger partial charge >= 0.3 is 17.9 Å². The normalized spacial score (nSPS) is 17.0. The molecule has 2 aromatic heterocycles. The Labute approximate surface area is 625 Å². The molecule has 38 heteroatoms. The van der Waals surface area contributed by atoms with Gasteiger partial charge in [-0.2, -0.15) is 10.5 Å². The fraction of sp³-hybridized carbons (Fsp3) is 0.444. The van der Waals surface area contributed by atoms with E-state index in [1.54, 1.807) is 68.1 Å². The summed E-state index contributed by atoms with van der Waals surface area (Å²) in [6.45, 7) is -2.77. The second-order valence-electron chi connectivity index (χ2n) is 26.4. The van der Waals surface area contributed by atoms with E-state index in [1.807, 2.05) is 0 Å². The average Bonchev–Trinajstić information content (AvgIpc) is 0.796. The molecule has 110 heavy (non-hydrogen) atoms. The Balaban J connectivity index is 0.805. The molecule has 3 saturated heterocycles. The first-order chi connectivity index (χ1) is 52.6. The number of aliphatic carboxylic acids is 3. The molecule has 584 valence electrons. The lowest BCUT2D eigenvalue weighted by atomic mass is 10.1. The second kappa shape index (κ2) is 38.2. The molecule has 6 aromatic rings. The third-order valence-electron chi connectivity index (χ3n) is 18.2. The molecule has 5 heterocycles. The number of halogens is 4. The van der Waals surface area contributed by atoms with Crippen LogP contribution in [0.4, 0.5) is 34.6 Å². The lowest BCUT2D eigenvalue weighted by Crippen LogP contribution is -2.50. The number of pyridine rings is 2. The minimum absolute atomic E-state index is 0.0367. The van der Waals surface area contributed by atoms with Crippen molar-refractivity contribution < 1.29 is 90.3 Å². The zero-order chi connectivity index (χ0) is 79.2. The molecular formula is C72H81F4N17O17. The molecule has 9 rings (SSSR count). The Morgan fingerprint density at radius 3 is 1.31 bits per heavy atom. The van der Waals surface area contributed by atoms with Gasteiger partial charge in [0.15, 0.2) is 0 Å². The van der Waals surface area contributed by atoms with Crippen LogP contribution in [0.5, 0.6) is 11.5 Å². The van der Waals surface area contributed by atoms with Crippen LogP contribution in [-0.2, 0) is 28.8 Å². The van der Waals surface area contributed by atoms with Crippen molar-refractivity contribution in [1.29, 1.82) is 10.5 Å². The summed E-state index contributed by atoms with van der Waals surface area (Å²) in [5.41, 5.74) is -1.25. The first-order valence-corrected chi connectivity index (χ1v) is 35.2. The van der Waals surface area contributed by atoms with E-state index in [4.69, 9.17) is 9.47 Å². The van der Waals surface area contributed by atoms with Crippen molar-refractivity contribution in [2.24, 2.45) is 0 Å². The summed E-state index contributed by atoms with van der Waals surface area (Å²) in [7, 11) is 0. The van der Waals surface area contributed by atoms with Gasteiger partial charge in [0, 0.05) is 131 Å². The lowest BCUT2D eigenvalue weighted by Gasteiger charge is -2.32. The number of carbonyl (C=O) groups is 10. The number of alkyl halides is 4. The molecule has 0 radical (unpaired) electrons. The zero-order valence-corrected chi connectivity index (χ0v) is 59.5. The minimum Gasteiger partial charge on any atom is -0.494 e. The highest BCUT2D eigenvalue weighted by molar-refractivity contribution is 6.08. The number of nitrogens with one attached hydrogen (secondary N) is 7. The number of ether oxygens (including phenoxy) is 2. The minimum atomic E-state index is -3.24. The maximum absolute atomic E-state index is 14.0. The molecular weight excluding hydrogens is 1450 g/mol. The largest absolute Gasteiger partial charge is 0.494 e. The number of amides is 7. The Bertz CT molecular complexity index is 4360. The Morgan fingerprint density at radius 1 is 0.491 bits per heavy atom. The molecule has 3 aliphatic heterocycles. The Hall–Kier alpha value is -12.0. The number of carbonyl (C=O) groups excluding carboxylic acids is 7. The number of aromatic nitrogens is 2. The molecule has 3 aliphatic rings. The van der Waals surface area contributed by atoms with Gasteiger partial charge in [0.25, 0.3) is 46.3 Å². The van der Waals surface area contributed by atoms with Gasteiger partial charge < -0.3 is 71.8 Å². The number of nitrogens with zero attached hydrogens (tertiary/aromatic N) is 10. The van der Waals surface area contributed by atoms with Crippen molar-refractivity contribution in [3.63, 3.8) is 0 Å². The number of unbranched alkanes of at least 4 members (excludes halogenated alkanes) is 2. The number of likely N-dealkylation sites (tertiary alicyclic amines) is 2. The Kier molecular flexibility index (Phi) is 28.5. The van der Waals surface area contributed by atoms with Crippen molar-refractivity contribution in [1.82, 2.24) is 66.0 Å². The summed E-state index contributed by atoms with van der Waals surface area (Å²) in [4.78, 5) is 172. The summed E-state index contributed by atoms with van der Waals surface area (Å²) < 4.78 is 68.0. The summed E-state index contributed by atoms with van der Waals surface area (Å²) in [5, 5.41) is 67.0. The number of carboxylic acid groups (broad SMARTS) is 3. The molecule has 4 aromatic carbocycles. The smallest absolute Gasteiger partial charge is 0.317 e. The van der Waals surface area contributed by atoms with Gasteiger partial charge in [-0.3, -0.25) is 87.1 Å². The number of nitriles is 2. The first kappa shape index (κ1) is 82.1. The van der Waals surface area contributed by atoms with Crippen LogP contribution in [0.3, 0.4) is 0 Å². The number of fused-ring (bicyclic) bond motifs is 2. The third-order valence-corrected chi connectivity index (χ3v) is 18.2. The van der Waals surface area contributed by atoms with E-state index in [2.05, 4.69) is 47.2 Å². The molecule has 3 fully saturated rings. The van der Waals surface area contributed by atoms with Crippen molar-refractivity contribution in [2.45, 2.75) is 62.5 Å². The zero-order valence-electron chi connectivity index (χ0n) is 59.5. The Morgan fingerprint density at radius 2 is 0.900 bits per heavy atom. The van der Waals surface area contributed by atoms with Crippen LogP contribution in [0.1, 0.15) is 80.0 Å². The standard InChI is InChI=1S/C72H81F4N17O17/c73-71(74)32-47(34-77)92(42-71)58(95)36-85-69(107)51-9-13-79-55-7-5-49(30-53(51)55)109-25-3-1-11-83-67(105)44-27-45(68(106)84-12-2-4-26-110-50-6-8-56-54(31-50)52(10-14-80-56)70(108)86-37-59(96)93-43-72(75,76)33-48(93)35-78)29-46(28-44)87-64-63(65(103)66(64)104)82-16-15-81-57(94)38-88-17-19-89(39-60(97)98)21-23-91(41-62(101)102)24-22-90(20-18-88)40-61(99)100/h5-10,13-14,27-31,47-48,82,87H,1-4,11-12,15-26,32-33,36-43H2,(H,81,94)(H,83,105)(H,84,106)(H,85,107)(H,86,108)(H,97,98)(H,99,100)(H,101,102)/t47-,48-/m0/s1. The summed E-state index contributed by atoms with van der Waals surface area (Å²) in [5.74, 6) is -14.0. The molecule has 2 atom stereocenters. The number of carboxylic acids is 3. The molecule has 7 amide bonds. The van der Waals surface area contributed by atoms with E-state index in [-0.39, 0.29) is 157 Å². The van der Waals surface area contributed by atoms with Crippen molar-refractivity contribution in [3.8, 4) is 23.6 Å². The number of hydrogen-bond acceptors (Lipinski definition) is 24. The second-order valence-corrected chi connectivity index (χ2v) is 26.4. The third kappa shape index (κ3) is 23.3. The lowest BCUT2D eigenvalue weighted by molar-refractivity contribution is -0.140. The van der Waals surface area contributed by atoms with E-state index in [9.17, 15) is 101 Å². The van der Waals surface area contributed by atoms with Crippen LogP contribution in [0.2, 0.25) is 0 Å². The number of rotatable bonds is 34. The maximum Gasteiger partial charge on any atom is 0.317 e. The van der Waals surface area contributed by atoms with Crippen molar-refractivity contribution >= 4 is 98.1 Å². The van der Waals surface area contributed by atoms with E-state index in [0.717, 1.165) is 9.80 Å². The van der Waals surface area contributed by atoms with Gasteiger partial charge in [0.05, 0.1) is 99.9 Å². The van der Waals surface area contributed by atoms with Gasteiger partial charge in [-0.05, 0) is 92.4 Å². The van der Waals surface area contributed by atoms with Crippen LogP contribution in [0, 0.1) is 22.7 Å². The number of benzene rings is 3. The van der Waals surface area contributed by atoms with E-state index in [1.165, 1.54) is 42.7 Å². The van der Waals surface area contributed by atoms with Crippen LogP contribution >= 0.6 is 0 Å². The summed E-state index contributed by atoms with van der Waals surface area (Å²) in [6, 6.07) is 17.1. The molecule has 10 N–H and O–H groups in total. The summed E-state index contributed by atoms with van der Waals surface area (Å²) >= 11 is 0. The molecule has 0 unspecified atom stereocenters. The fourth-order valence-corrected chi connectivity index (χ4v) is 12.6. The summed E-state index contributed by atoms with van der Waals surface area (Å²) in [6.07, 6.45) is 2.63. The first-order valence-electron chi connectivity index (χ1n) is 35.2. The van der Waals surface area contributed by atoms with Gasteiger partial charge in [-0.25, -0.2) is 17.6 Å². The molecule has 0 spiro atoms. The monoisotopic (exact) mass is 1530 g/mol. The van der Waals surface area contributed by atoms with Crippen LogP contribution in [0.15, 0.2) is 88.7 Å². The van der Waals surface area contributed by atoms with Crippen LogP contribution in [0.25, 0.3) is 21.8 Å². The SMILES string of the molecule is N#C[C@@H]1CC(F)(F)CN1C(=O)CNC(=O)c1ccnc2ccc(OCCCCNC(=O)c3cc(Nc4c(NCCNC(=O)CN5CCN(CC(=O)O)CCN(CC(=O)O)CCN(CC(=O)O)CC5)c(=O)c4=O)cc(C(=O)NCCCCOc4ccc5nccc(C(=O)NCC(=O)N6CC(F)(F)C[C@H]6C#N)c5c4)c3)cc12. The molecule has 0 aliphatic carbocycles. The quantitative estimate of drug-likeness (QED) is 0.0154. The highest BCUT2D eigenvalue weighted by Crippen LogP contribution is 2.34. The van der Waals surface area contributed by atoms with Crippen LogP contribution < -0.4 is 57.5 Å². The van der Waals surface area contributed by atoms with E-state index in [0.29, 0.717) is 59.0 Å². The average molecular weight is 1530 g/mol. The highest BCUT2D eigenvalue weighted by Gasteiger charge is 2.48. The van der Waals surface area contributed by atoms with Gasteiger partial charge in [0.1, 0.15) is 35.0 Å². The van der Waals surface area contributed by atoms with Crippen molar-refractivity contribution in [3.05, 3.63) is 122 Å². The predicted molar refractivity (Wildman–Crippen MR) is 385 cm³/mol. The molecule has 0 saturated carbocycles. The van der Waals surface area contributed by atoms with E-state index < -0.39 is 133 Å². The maximum atomic E-state index is 14.0. The van der Waals surface area contributed by atoms with Crippen molar-refractivity contribution in [2.75, 3.05) is 155 Å². The van der Waals surface area contributed by atoms with Gasteiger partial charge in [0.2, 0.25) is 17.7 Å². The van der Waals surface area contributed by atoms with Gasteiger partial charge in [-0.1, -0.05) is 0 Å². The molecule has 34 nitrogen and oxygen atoms in total. The topological polar surface area (TPSA) is 461 Å². The predicted octanol–water partition coefficient (Wildman–Crippen LogP) is 1.28. The number of anilines is 3. The van der Waals surface area contributed by atoms with Gasteiger partial charge in [-0.15, -0.1) is 0 Å². The van der Waals surface area contributed by atoms with Crippen LogP contribution in [-0.4, -0.2) is 282 Å². The number of hydrogen-bond donors (Lipinski definition) is 10. The highest BCUT2D eigenvalue weighted by atomic mass is 19.3. The fourth-order valence-electron chi connectivity index (χ4n) is 12.6. The van der Waals surface area contributed by atoms with E-state index >= 15 is 0 Å².